The summed E-state index contributed by atoms with van der Waals surface area (Å²) in [6, 6.07) is 6.54. The lowest BCUT2D eigenvalue weighted by Crippen LogP contribution is -2.04. The van der Waals surface area contributed by atoms with Gasteiger partial charge in [0.25, 0.3) is 0 Å². The zero-order valence-electron chi connectivity index (χ0n) is 10.9. The van der Waals surface area contributed by atoms with E-state index in [1.165, 1.54) is 6.42 Å². The van der Waals surface area contributed by atoms with Crippen LogP contribution >= 0.6 is 11.6 Å². The Morgan fingerprint density at radius 3 is 2.78 bits per heavy atom. The number of alkyl halides is 1. The molecule has 0 bridgehead atoms. The number of imidazole rings is 1. The van der Waals surface area contributed by atoms with Gasteiger partial charge in [-0.15, -0.1) is 11.6 Å². The van der Waals surface area contributed by atoms with Crippen molar-refractivity contribution in [3.05, 3.63) is 24.0 Å². The summed E-state index contributed by atoms with van der Waals surface area (Å²) in [5, 5.41) is 0. The van der Waals surface area contributed by atoms with Crippen molar-refractivity contribution in [2.24, 2.45) is 5.41 Å². The monoisotopic (exact) mass is 264 g/mol. The molecule has 0 aliphatic heterocycles. The standard InChI is InChI=1S/C14H17ClN2O/c1-14(2)7-12(14)17-11-5-4-9(18-3)6-10(11)16-13(17)8-15/h4-6,12H,7-8H2,1-3H3. The minimum absolute atomic E-state index is 0.356. The van der Waals surface area contributed by atoms with E-state index in [1.807, 2.05) is 12.1 Å². The van der Waals surface area contributed by atoms with Crippen LogP contribution in [0.3, 0.4) is 0 Å². The highest BCUT2D eigenvalue weighted by Crippen LogP contribution is 2.56. The molecule has 1 heterocycles. The molecule has 0 amide bonds. The van der Waals surface area contributed by atoms with E-state index in [2.05, 4.69) is 29.5 Å². The predicted molar refractivity (Wildman–Crippen MR) is 73.3 cm³/mol. The molecular weight excluding hydrogens is 248 g/mol. The summed E-state index contributed by atoms with van der Waals surface area (Å²) >= 11 is 6.03. The average Bonchev–Trinajstić information content (AvgIpc) is 2.85. The first-order valence-electron chi connectivity index (χ1n) is 6.17. The summed E-state index contributed by atoms with van der Waals surface area (Å²) in [6.07, 6.45) is 1.19. The van der Waals surface area contributed by atoms with E-state index < -0.39 is 0 Å². The fourth-order valence-corrected chi connectivity index (χ4v) is 2.77. The van der Waals surface area contributed by atoms with E-state index in [1.54, 1.807) is 7.11 Å². The molecule has 1 atom stereocenters. The van der Waals surface area contributed by atoms with Crippen LogP contribution in [0.1, 0.15) is 32.1 Å². The normalized spacial score (nSPS) is 21.2. The van der Waals surface area contributed by atoms with E-state index in [0.29, 0.717) is 17.3 Å². The van der Waals surface area contributed by atoms with Crippen molar-refractivity contribution in [1.29, 1.82) is 0 Å². The Labute approximate surface area is 112 Å². The molecule has 18 heavy (non-hydrogen) atoms. The molecule has 3 rings (SSSR count). The van der Waals surface area contributed by atoms with Crippen molar-refractivity contribution in [3.63, 3.8) is 0 Å². The number of benzene rings is 1. The van der Waals surface area contributed by atoms with E-state index in [-0.39, 0.29) is 0 Å². The third-order valence-electron chi connectivity index (χ3n) is 3.86. The van der Waals surface area contributed by atoms with E-state index >= 15 is 0 Å². The van der Waals surface area contributed by atoms with Crippen molar-refractivity contribution in [3.8, 4) is 5.75 Å². The largest absolute Gasteiger partial charge is 0.497 e. The third kappa shape index (κ3) is 1.69. The quantitative estimate of drug-likeness (QED) is 0.790. The number of hydrogen-bond donors (Lipinski definition) is 0. The molecule has 1 aliphatic rings. The summed E-state index contributed by atoms with van der Waals surface area (Å²) in [5.41, 5.74) is 2.48. The first kappa shape index (κ1) is 11.8. The second kappa shape index (κ2) is 3.89. The number of nitrogens with zero attached hydrogens (tertiary/aromatic N) is 2. The Bertz CT molecular complexity index is 603. The summed E-state index contributed by atoms with van der Waals surface area (Å²) < 4.78 is 7.53. The molecule has 4 heteroatoms. The Morgan fingerprint density at radius 1 is 1.50 bits per heavy atom. The van der Waals surface area contributed by atoms with Crippen LogP contribution in [0, 0.1) is 5.41 Å². The fourth-order valence-electron chi connectivity index (χ4n) is 2.58. The zero-order valence-corrected chi connectivity index (χ0v) is 11.7. The lowest BCUT2D eigenvalue weighted by atomic mass is 10.2. The van der Waals surface area contributed by atoms with Gasteiger partial charge in [0.1, 0.15) is 11.6 Å². The minimum Gasteiger partial charge on any atom is -0.497 e. The predicted octanol–water partition coefficient (Wildman–Crippen LogP) is 3.75. The zero-order chi connectivity index (χ0) is 12.9. The smallest absolute Gasteiger partial charge is 0.125 e. The number of methoxy groups -OCH3 is 1. The number of halogens is 1. The van der Waals surface area contributed by atoms with Crippen LogP contribution in [0.4, 0.5) is 0 Å². The van der Waals surface area contributed by atoms with Crippen molar-refractivity contribution in [2.75, 3.05) is 7.11 Å². The van der Waals surface area contributed by atoms with E-state index in [0.717, 1.165) is 22.6 Å². The van der Waals surface area contributed by atoms with Crippen LogP contribution in [0.15, 0.2) is 18.2 Å². The highest BCUT2D eigenvalue weighted by molar-refractivity contribution is 6.16. The molecule has 96 valence electrons. The van der Waals surface area contributed by atoms with Crippen molar-refractivity contribution in [2.45, 2.75) is 32.2 Å². The van der Waals surface area contributed by atoms with Crippen LogP contribution in [0.2, 0.25) is 0 Å². The molecular formula is C14H17ClN2O. The summed E-state index contributed by atoms with van der Waals surface area (Å²) in [6.45, 7) is 4.57. The van der Waals surface area contributed by atoms with Crippen LogP contribution in [-0.4, -0.2) is 16.7 Å². The van der Waals surface area contributed by atoms with Gasteiger partial charge in [0.2, 0.25) is 0 Å². The van der Waals surface area contributed by atoms with Crippen molar-refractivity contribution < 1.29 is 4.74 Å². The van der Waals surface area contributed by atoms with Gasteiger partial charge < -0.3 is 9.30 Å². The van der Waals surface area contributed by atoms with Gasteiger partial charge in [-0.25, -0.2) is 4.98 Å². The first-order chi connectivity index (χ1) is 8.56. The Kier molecular flexibility index (Phi) is 2.56. The average molecular weight is 265 g/mol. The van der Waals surface area contributed by atoms with Gasteiger partial charge in [0.15, 0.2) is 0 Å². The molecule has 0 spiro atoms. The molecule has 0 saturated heterocycles. The fraction of sp³-hybridized carbons (Fsp3) is 0.500. The van der Waals surface area contributed by atoms with Gasteiger partial charge in [-0.3, -0.25) is 0 Å². The minimum atomic E-state index is 0.356. The Hall–Kier alpha value is -1.22. The number of ether oxygens (including phenoxy) is 1. The SMILES string of the molecule is COc1ccc2c(c1)nc(CCl)n2C1CC1(C)C. The number of fused-ring (bicyclic) bond motifs is 1. The Morgan fingerprint density at radius 2 is 2.22 bits per heavy atom. The highest BCUT2D eigenvalue weighted by atomic mass is 35.5. The Balaban J connectivity index is 2.17. The summed E-state index contributed by atoms with van der Waals surface area (Å²) in [5.74, 6) is 2.24. The maximum atomic E-state index is 6.03. The van der Waals surface area contributed by atoms with Crippen molar-refractivity contribution in [1.82, 2.24) is 9.55 Å². The molecule has 1 unspecified atom stereocenters. The number of aromatic nitrogens is 2. The molecule has 0 N–H and O–H groups in total. The topological polar surface area (TPSA) is 27.1 Å². The van der Waals surface area contributed by atoms with Crippen LogP contribution in [0.25, 0.3) is 11.0 Å². The molecule has 1 saturated carbocycles. The second-order valence-corrected chi connectivity index (χ2v) is 5.86. The van der Waals surface area contributed by atoms with Gasteiger partial charge in [-0.05, 0) is 24.0 Å². The van der Waals surface area contributed by atoms with Crippen LogP contribution in [-0.2, 0) is 5.88 Å². The van der Waals surface area contributed by atoms with Gasteiger partial charge in [-0.1, -0.05) is 13.8 Å². The van der Waals surface area contributed by atoms with Crippen LogP contribution in [0.5, 0.6) is 5.75 Å². The number of hydrogen-bond acceptors (Lipinski definition) is 2. The molecule has 1 aromatic heterocycles. The molecule has 2 aromatic rings. The molecule has 0 radical (unpaired) electrons. The molecule has 1 fully saturated rings. The lowest BCUT2D eigenvalue weighted by molar-refractivity contribution is 0.415. The summed E-state index contributed by atoms with van der Waals surface area (Å²) in [7, 11) is 1.67. The van der Waals surface area contributed by atoms with Gasteiger partial charge in [0, 0.05) is 12.1 Å². The maximum Gasteiger partial charge on any atom is 0.125 e. The van der Waals surface area contributed by atoms with Crippen molar-refractivity contribution >= 4 is 22.6 Å². The van der Waals surface area contributed by atoms with Gasteiger partial charge in [0.05, 0.1) is 24.0 Å². The van der Waals surface area contributed by atoms with Gasteiger partial charge >= 0.3 is 0 Å². The van der Waals surface area contributed by atoms with Crippen LogP contribution < -0.4 is 4.74 Å². The molecule has 1 aromatic carbocycles. The first-order valence-corrected chi connectivity index (χ1v) is 6.71. The molecule has 1 aliphatic carbocycles. The second-order valence-electron chi connectivity index (χ2n) is 5.59. The van der Waals surface area contributed by atoms with E-state index in [9.17, 15) is 0 Å². The van der Waals surface area contributed by atoms with E-state index in [4.69, 9.17) is 16.3 Å². The number of rotatable bonds is 3. The molecule has 3 nitrogen and oxygen atoms in total. The lowest BCUT2D eigenvalue weighted by Gasteiger charge is -2.09. The highest BCUT2D eigenvalue weighted by Gasteiger charge is 2.48. The maximum absolute atomic E-state index is 6.03. The van der Waals surface area contributed by atoms with Gasteiger partial charge in [-0.2, -0.15) is 0 Å². The summed E-state index contributed by atoms with van der Waals surface area (Å²) in [4.78, 5) is 4.62. The third-order valence-corrected chi connectivity index (χ3v) is 4.10.